The van der Waals surface area contributed by atoms with Gasteiger partial charge in [-0.3, -0.25) is 4.98 Å². The molecule has 0 spiro atoms. The zero-order valence-corrected chi connectivity index (χ0v) is 14.0. The van der Waals surface area contributed by atoms with Crippen LogP contribution in [0.2, 0.25) is 0 Å². The van der Waals surface area contributed by atoms with Crippen LogP contribution in [0.3, 0.4) is 0 Å². The number of benzene rings is 1. The lowest BCUT2D eigenvalue weighted by Gasteiger charge is -2.17. The van der Waals surface area contributed by atoms with Crippen molar-refractivity contribution in [1.82, 2.24) is 15.0 Å². The van der Waals surface area contributed by atoms with E-state index in [0.29, 0.717) is 11.4 Å². The smallest absolute Gasteiger partial charge is 0.425 e. The number of nitrogens with zero attached hydrogens (tertiary/aromatic N) is 3. The van der Waals surface area contributed by atoms with Gasteiger partial charge in [-0.1, -0.05) is 18.2 Å². The molecule has 5 nitrogen and oxygen atoms in total. The number of hydrogen-bond donors (Lipinski definition) is 1. The normalized spacial score (nSPS) is 11.3. The number of alkyl halides is 3. The molecular formula is C18H15F3N4O. The first-order chi connectivity index (χ1) is 12.4. The zero-order chi connectivity index (χ0) is 18.7. The average Bonchev–Trinajstić information content (AvgIpc) is 2.61. The van der Waals surface area contributed by atoms with E-state index in [1.54, 1.807) is 36.4 Å². The number of aryl methyl sites for hydroxylation is 1. The molecule has 0 aliphatic carbocycles. The quantitative estimate of drug-likeness (QED) is 0.736. The first kappa shape index (κ1) is 17.7. The maximum atomic E-state index is 13.6. The highest BCUT2D eigenvalue weighted by Gasteiger charge is 2.40. The highest BCUT2D eigenvalue weighted by molar-refractivity contribution is 5.66. The van der Waals surface area contributed by atoms with Crippen molar-refractivity contribution >= 4 is 11.5 Å². The molecule has 134 valence electrons. The van der Waals surface area contributed by atoms with E-state index < -0.39 is 23.4 Å². The molecule has 0 amide bonds. The van der Waals surface area contributed by atoms with E-state index in [-0.39, 0.29) is 5.82 Å². The summed E-state index contributed by atoms with van der Waals surface area (Å²) in [5, 5.41) is 2.73. The number of methoxy groups -OCH3 is 1. The van der Waals surface area contributed by atoms with Crippen molar-refractivity contribution in [2.24, 2.45) is 0 Å². The number of halogens is 3. The summed E-state index contributed by atoms with van der Waals surface area (Å²) in [4.78, 5) is 12.0. The second kappa shape index (κ2) is 6.99. The fourth-order valence-electron chi connectivity index (χ4n) is 2.40. The lowest BCUT2D eigenvalue weighted by Crippen LogP contribution is -2.15. The minimum Gasteiger partial charge on any atom is -0.480 e. The Balaban J connectivity index is 2.18. The third kappa shape index (κ3) is 3.74. The van der Waals surface area contributed by atoms with Crippen molar-refractivity contribution < 1.29 is 17.9 Å². The number of aromatic nitrogens is 3. The summed E-state index contributed by atoms with van der Waals surface area (Å²) < 4.78 is 45.7. The average molecular weight is 360 g/mol. The van der Waals surface area contributed by atoms with Gasteiger partial charge in [0.25, 0.3) is 0 Å². The number of anilines is 2. The Bertz CT molecular complexity index is 914. The van der Waals surface area contributed by atoms with Gasteiger partial charge in [-0.05, 0) is 36.8 Å². The third-order valence-corrected chi connectivity index (χ3v) is 3.53. The third-order valence-electron chi connectivity index (χ3n) is 3.53. The van der Waals surface area contributed by atoms with Gasteiger partial charge in [0, 0.05) is 11.9 Å². The van der Waals surface area contributed by atoms with Gasteiger partial charge in [-0.25, -0.2) is 4.98 Å². The van der Waals surface area contributed by atoms with Crippen LogP contribution >= 0.6 is 0 Å². The summed E-state index contributed by atoms with van der Waals surface area (Å²) in [7, 11) is 1.14. The molecule has 0 bridgehead atoms. The van der Waals surface area contributed by atoms with Crippen molar-refractivity contribution in [3.05, 3.63) is 59.8 Å². The number of hydrogen-bond acceptors (Lipinski definition) is 5. The van der Waals surface area contributed by atoms with E-state index in [4.69, 9.17) is 4.74 Å². The van der Waals surface area contributed by atoms with Crippen LogP contribution in [0.4, 0.5) is 24.7 Å². The molecule has 0 aliphatic heterocycles. The van der Waals surface area contributed by atoms with E-state index in [1.807, 2.05) is 13.0 Å². The van der Waals surface area contributed by atoms with Crippen LogP contribution in [-0.2, 0) is 6.18 Å². The summed E-state index contributed by atoms with van der Waals surface area (Å²) >= 11 is 0. The Morgan fingerprint density at radius 2 is 1.85 bits per heavy atom. The molecule has 0 atom stereocenters. The Hall–Kier alpha value is -3.16. The lowest BCUT2D eigenvalue weighted by molar-refractivity contribution is -0.138. The molecule has 3 aromatic rings. The second-order valence-corrected chi connectivity index (χ2v) is 5.49. The molecule has 0 fully saturated rings. The van der Waals surface area contributed by atoms with E-state index >= 15 is 0 Å². The van der Waals surface area contributed by atoms with Crippen LogP contribution in [0.1, 0.15) is 11.1 Å². The van der Waals surface area contributed by atoms with Crippen LogP contribution in [0.25, 0.3) is 11.5 Å². The Morgan fingerprint density at radius 1 is 1.04 bits per heavy atom. The largest absolute Gasteiger partial charge is 0.480 e. The summed E-state index contributed by atoms with van der Waals surface area (Å²) in [6, 6.07) is 12.0. The number of pyridine rings is 1. The Labute approximate surface area is 147 Å². The summed E-state index contributed by atoms with van der Waals surface area (Å²) in [5.74, 6) is -0.926. The minimum absolute atomic E-state index is 0.0330. The monoisotopic (exact) mass is 360 g/mol. The molecular weight excluding hydrogens is 345 g/mol. The number of ether oxygens (including phenoxy) is 1. The molecule has 1 N–H and O–H groups in total. The van der Waals surface area contributed by atoms with Crippen LogP contribution in [0, 0.1) is 6.92 Å². The van der Waals surface area contributed by atoms with Crippen LogP contribution < -0.4 is 10.1 Å². The van der Waals surface area contributed by atoms with Gasteiger partial charge in [0.2, 0.25) is 5.88 Å². The van der Waals surface area contributed by atoms with Gasteiger partial charge < -0.3 is 10.1 Å². The predicted molar refractivity (Wildman–Crippen MR) is 91.3 cm³/mol. The molecule has 0 saturated heterocycles. The maximum Gasteiger partial charge on any atom is 0.425 e. The van der Waals surface area contributed by atoms with Crippen LogP contribution in [-0.4, -0.2) is 22.1 Å². The fraction of sp³-hybridized carbons (Fsp3) is 0.167. The summed E-state index contributed by atoms with van der Waals surface area (Å²) in [6.45, 7) is 1.84. The SMILES string of the molecule is COc1nc(-c2ccccn2)nc(Nc2cccc(C)c2)c1C(F)(F)F. The van der Waals surface area contributed by atoms with Gasteiger partial charge in [0.05, 0.1) is 7.11 Å². The molecule has 26 heavy (non-hydrogen) atoms. The Kier molecular flexibility index (Phi) is 4.75. The first-order valence-corrected chi connectivity index (χ1v) is 7.67. The van der Waals surface area contributed by atoms with E-state index in [1.165, 1.54) is 6.20 Å². The molecule has 1 aromatic carbocycles. The van der Waals surface area contributed by atoms with Gasteiger partial charge in [-0.2, -0.15) is 18.2 Å². The summed E-state index contributed by atoms with van der Waals surface area (Å²) in [5.41, 5.74) is 0.644. The van der Waals surface area contributed by atoms with Crippen molar-refractivity contribution in [2.75, 3.05) is 12.4 Å². The van der Waals surface area contributed by atoms with Crippen molar-refractivity contribution in [3.63, 3.8) is 0 Å². The van der Waals surface area contributed by atoms with Crippen molar-refractivity contribution in [3.8, 4) is 17.4 Å². The van der Waals surface area contributed by atoms with E-state index in [0.717, 1.165) is 12.7 Å². The highest BCUT2D eigenvalue weighted by atomic mass is 19.4. The van der Waals surface area contributed by atoms with Crippen molar-refractivity contribution in [1.29, 1.82) is 0 Å². The second-order valence-electron chi connectivity index (χ2n) is 5.49. The lowest BCUT2D eigenvalue weighted by atomic mass is 10.2. The van der Waals surface area contributed by atoms with E-state index in [9.17, 15) is 13.2 Å². The number of nitrogens with one attached hydrogen (secondary N) is 1. The molecule has 0 saturated carbocycles. The zero-order valence-electron chi connectivity index (χ0n) is 14.0. The molecule has 0 aliphatic rings. The van der Waals surface area contributed by atoms with Gasteiger partial charge in [-0.15, -0.1) is 0 Å². The molecule has 2 heterocycles. The maximum absolute atomic E-state index is 13.6. The topological polar surface area (TPSA) is 59.9 Å². The predicted octanol–water partition coefficient (Wildman–Crippen LogP) is 4.62. The molecule has 2 aromatic heterocycles. The molecule has 3 rings (SSSR count). The minimum atomic E-state index is -4.69. The first-order valence-electron chi connectivity index (χ1n) is 7.67. The standard InChI is InChI=1S/C18H15F3N4O/c1-11-6-5-7-12(10-11)23-16-14(18(19,20)21)17(26-2)25-15(24-16)13-8-3-4-9-22-13/h3-10H,1-2H3,(H,23,24,25). The Morgan fingerprint density at radius 3 is 2.46 bits per heavy atom. The van der Waals surface area contributed by atoms with Gasteiger partial charge in [0.15, 0.2) is 17.2 Å². The fourth-order valence-corrected chi connectivity index (χ4v) is 2.40. The van der Waals surface area contributed by atoms with Crippen molar-refractivity contribution in [2.45, 2.75) is 13.1 Å². The molecule has 0 radical (unpaired) electrons. The summed E-state index contributed by atoms with van der Waals surface area (Å²) in [6.07, 6.45) is -3.18. The highest BCUT2D eigenvalue weighted by Crippen LogP contribution is 2.41. The molecule has 8 heteroatoms. The van der Waals surface area contributed by atoms with Crippen LogP contribution in [0.15, 0.2) is 48.7 Å². The van der Waals surface area contributed by atoms with Gasteiger partial charge in [0.1, 0.15) is 5.69 Å². The number of rotatable bonds is 4. The van der Waals surface area contributed by atoms with Gasteiger partial charge >= 0.3 is 6.18 Å². The molecule has 0 unspecified atom stereocenters. The van der Waals surface area contributed by atoms with E-state index in [2.05, 4.69) is 20.3 Å². The van der Waals surface area contributed by atoms with Crippen LogP contribution in [0.5, 0.6) is 5.88 Å².